The number of rotatable bonds is 7. The first-order valence-corrected chi connectivity index (χ1v) is 10.4. The van der Waals surface area contributed by atoms with Crippen molar-refractivity contribution in [3.05, 3.63) is 71.7 Å². The maximum absolute atomic E-state index is 13.5. The van der Waals surface area contributed by atoms with Gasteiger partial charge in [0.05, 0.1) is 37.2 Å². The van der Waals surface area contributed by atoms with Crippen LogP contribution in [0.4, 0.5) is 5.13 Å². The number of benzene rings is 2. The normalized spacial score (nSPS) is 10.9. The topological polar surface area (TPSA) is 64.8 Å². The van der Waals surface area contributed by atoms with Crippen LogP contribution >= 0.6 is 11.3 Å². The van der Waals surface area contributed by atoms with E-state index in [0.717, 1.165) is 22.2 Å². The Morgan fingerprint density at radius 2 is 1.93 bits per heavy atom. The number of hydrogen-bond acceptors (Lipinski definition) is 6. The van der Waals surface area contributed by atoms with E-state index in [1.54, 1.807) is 43.6 Å². The highest BCUT2D eigenvalue weighted by atomic mass is 32.1. The number of furan rings is 1. The molecule has 0 fully saturated rings. The van der Waals surface area contributed by atoms with Crippen LogP contribution in [0.3, 0.4) is 0 Å². The monoisotopic (exact) mass is 422 g/mol. The number of aromatic nitrogens is 1. The summed E-state index contributed by atoms with van der Waals surface area (Å²) in [5.74, 6) is 1.56. The SMILES string of the molecule is CCc1cccc2sc(N(Cc3ccco3)C(=O)c3ccc(OC)c(OC)c3)nc12. The van der Waals surface area contributed by atoms with Crippen LogP contribution in [-0.2, 0) is 13.0 Å². The van der Waals surface area contributed by atoms with Crippen molar-refractivity contribution in [2.75, 3.05) is 19.1 Å². The summed E-state index contributed by atoms with van der Waals surface area (Å²) in [5.41, 5.74) is 2.57. The molecule has 0 atom stereocenters. The molecule has 0 aliphatic carbocycles. The van der Waals surface area contributed by atoms with Gasteiger partial charge in [-0.1, -0.05) is 30.4 Å². The van der Waals surface area contributed by atoms with Crippen LogP contribution in [0.2, 0.25) is 0 Å². The fourth-order valence-electron chi connectivity index (χ4n) is 3.30. The fourth-order valence-corrected chi connectivity index (χ4v) is 4.32. The van der Waals surface area contributed by atoms with Crippen LogP contribution in [-0.4, -0.2) is 25.1 Å². The second kappa shape index (κ2) is 8.59. The van der Waals surface area contributed by atoms with Crippen molar-refractivity contribution in [2.24, 2.45) is 0 Å². The Kier molecular flexibility index (Phi) is 5.72. The summed E-state index contributed by atoms with van der Waals surface area (Å²) >= 11 is 1.49. The van der Waals surface area contributed by atoms with Crippen LogP contribution in [0.15, 0.2) is 59.2 Å². The number of carbonyl (C=O) groups is 1. The van der Waals surface area contributed by atoms with Crippen LogP contribution in [0, 0.1) is 0 Å². The zero-order valence-corrected chi connectivity index (χ0v) is 17.9. The van der Waals surface area contributed by atoms with Gasteiger partial charge < -0.3 is 13.9 Å². The van der Waals surface area contributed by atoms with Crippen LogP contribution < -0.4 is 14.4 Å². The Bertz CT molecular complexity index is 1170. The van der Waals surface area contributed by atoms with E-state index in [2.05, 4.69) is 13.0 Å². The first kappa shape index (κ1) is 20.0. The number of anilines is 1. The molecule has 0 bridgehead atoms. The highest BCUT2D eigenvalue weighted by Crippen LogP contribution is 2.34. The lowest BCUT2D eigenvalue weighted by Crippen LogP contribution is -2.30. The van der Waals surface area contributed by atoms with E-state index in [1.807, 2.05) is 24.3 Å². The molecule has 0 radical (unpaired) electrons. The van der Waals surface area contributed by atoms with Crippen molar-refractivity contribution in [1.29, 1.82) is 0 Å². The summed E-state index contributed by atoms with van der Waals surface area (Å²) in [7, 11) is 3.11. The molecule has 0 saturated heterocycles. The predicted octanol–water partition coefficient (Wildman–Crippen LogP) is 5.32. The number of para-hydroxylation sites is 1. The minimum atomic E-state index is -0.190. The average Bonchev–Trinajstić information content (AvgIpc) is 3.45. The highest BCUT2D eigenvalue weighted by Gasteiger charge is 2.24. The van der Waals surface area contributed by atoms with Gasteiger partial charge in [0.25, 0.3) is 5.91 Å². The Balaban J connectivity index is 1.78. The number of ether oxygens (including phenoxy) is 2. The highest BCUT2D eigenvalue weighted by molar-refractivity contribution is 7.22. The number of methoxy groups -OCH3 is 2. The molecule has 154 valence electrons. The van der Waals surface area contributed by atoms with Crippen LogP contribution in [0.5, 0.6) is 11.5 Å². The fraction of sp³-hybridized carbons (Fsp3) is 0.217. The molecule has 4 rings (SSSR count). The van der Waals surface area contributed by atoms with Crippen molar-refractivity contribution < 1.29 is 18.7 Å². The molecule has 0 unspecified atom stereocenters. The smallest absolute Gasteiger partial charge is 0.260 e. The quantitative estimate of drug-likeness (QED) is 0.403. The Morgan fingerprint density at radius 1 is 1.10 bits per heavy atom. The molecule has 0 saturated carbocycles. The van der Waals surface area contributed by atoms with Gasteiger partial charge in [-0.2, -0.15) is 0 Å². The zero-order chi connectivity index (χ0) is 21.1. The largest absolute Gasteiger partial charge is 0.493 e. The van der Waals surface area contributed by atoms with Gasteiger partial charge in [-0.25, -0.2) is 4.98 Å². The summed E-state index contributed by atoms with van der Waals surface area (Å²) in [6.07, 6.45) is 2.48. The molecule has 2 heterocycles. The van der Waals surface area contributed by atoms with Crippen molar-refractivity contribution in [3.8, 4) is 11.5 Å². The van der Waals surface area contributed by atoms with E-state index < -0.39 is 0 Å². The summed E-state index contributed by atoms with van der Waals surface area (Å²) in [4.78, 5) is 20.0. The van der Waals surface area contributed by atoms with Gasteiger partial charge >= 0.3 is 0 Å². The lowest BCUT2D eigenvalue weighted by atomic mass is 10.1. The van der Waals surface area contributed by atoms with Gasteiger partial charge in [0.1, 0.15) is 5.76 Å². The predicted molar refractivity (Wildman–Crippen MR) is 118 cm³/mol. The molecule has 6 nitrogen and oxygen atoms in total. The first-order valence-electron chi connectivity index (χ1n) is 9.59. The standard InChI is InChI=1S/C23H22N2O4S/c1-4-15-7-5-9-20-21(15)24-23(30-20)25(14-17-8-6-12-29-17)22(26)16-10-11-18(27-2)19(13-16)28-3/h5-13H,4,14H2,1-3H3. The van der Waals surface area contributed by atoms with Gasteiger partial charge in [-0.15, -0.1) is 0 Å². The minimum Gasteiger partial charge on any atom is -0.493 e. The molecule has 2 aromatic carbocycles. The summed E-state index contributed by atoms with van der Waals surface area (Å²) in [5, 5.41) is 0.627. The first-order chi connectivity index (χ1) is 14.6. The number of fused-ring (bicyclic) bond motifs is 1. The Labute approximate surface area is 178 Å². The molecule has 7 heteroatoms. The van der Waals surface area contributed by atoms with Gasteiger partial charge in [-0.05, 0) is 48.4 Å². The maximum Gasteiger partial charge on any atom is 0.260 e. The van der Waals surface area contributed by atoms with E-state index in [1.165, 1.54) is 11.3 Å². The zero-order valence-electron chi connectivity index (χ0n) is 17.0. The van der Waals surface area contributed by atoms with Crippen molar-refractivity contribution >= 4 is 32.6 Å². The number of carbonyl (C=O) groups excluding carboxylic acids is 1. The van der Waals surface area contributed by atoms with Crippen LogP contribution in [0.1, 0.15) is 28.6 Å². The molecule has 1 amide bonds. The van der Waals surface area contributed by atoms with E-state index in [4.69, 9.17) is 18.9 Å². The molecule has 30 heavy (non-hydrogen) atoms. The number of amides is 1. The average molecular weight is 423 g/mol. The van der Waals surface area contributed by atoms with E-state index in [0.29, 0.717) is 28.0 Å². The van der Waals surface area contributed by atoms with Gasteiger partial charge in [0, 0.05) is 5.56 Å². The summed E-state index contributed by atoms with van der Waals surface area (Å²) < 4.78 is 17.2. The number of thiazole rings is 1. The summed E-state index contributed by atoms with van der Waals surface area (Å²) in [6.45, 7) is 2.38. The number of hydrogen-bond donors (Lipinski definition) is 0. The van der Waals surface area contributed by atoms with Crippen molar-refractivity contribution in [1.82, 2.24) is 4.98 Å². The third-order valence-electron chi connectivity index (χ3n) is 4.87. The Morgan fingerprint density at radius 3 is 2.63 bits per heavy atom. The third kappa shape index (κ3) is 3.76. The molecular formula is C23H22N2O4S. The van der Waals surface area contributed by atoms with E-state index in [-0.39, 0.29) is 12.5 Å². The molecule has 0 N–H and O–H groups in total. The van der Waals surface area contributed by atoms with Crippen LogP contribution in [0.25, 0.3) is 10.2 Å². The number of aryl methyl sites for hydroxylation is 1. The molecule has 4 aromatic rings. The molecule has 0 aliphatic rings. The maximum atomic E-state index is 13.5. The summed E-state index contributed by atoms with van der Waals surface area (Å²) in [6, 6.07) is 14.9. The molecule has 0 spiro atoms. The van der Waals surface area contributed by atoms with Crippen molar-refractivity contribution in [2.45, 2.75) is 19.9 Å². The third-order valence-corrected chi connectivity index (χ3v) is 5.92. The molecule has 0 aliphatic heterocycles. The second-order valence-electron chi connectivity index (χ2n) is 6.65. The molecule has 2 aromatic heterocycles. The number of nitrogens with zero attached hydrogens (tertiary/aromatic N) is 2. The second-order valence-corrected chi connectivity index (χ2v) is 7.66. The lowest BCUT2D eigenvalue weighted by molar-refractivity contribution is 0.0983. The van der Waals surface area contributed by atoms with Gasteiger partial charge in [0.15, 0.2) is 16.6 Å². The van der Waals surface area contributed by atoms with Gasteiger partial charge in [-0.3, -0.25) is 9.69 Å². The Hall–Kier alpha value is -3.32. The minimum absolute atomic E-state index is 0.190. The van der Waals surface area contributed by atoms with E-state index in [9.17, 15) is 4.79 Å². The molecular weight excluding hydrogens is 400 g/mol. The van der Waals surface area contributed by atoms with Crippen molar-refractivity contribution in [3.63, 3.8) is 0 Å². The lowest BCUT2D eigenvalue weighted by Gasteiger charge is -2.19. The van der Waals surface area contributed by atoms with E-state index >= 15 is 0 Å². The van der Waals surface area contributed by atoms with Gasteiger partial charge in [0.2, 0.25) is 0 Å².